The van der Waals surface area contributed by atoms with E-state index in [1.54, 1.807) is 0 Å². The highest BCUT2D eigenvalue weighted by Gasteiger charge is 2.52. The van der Waals surface area contributed by atoms with Crippen LogP contribution in [0.25, 0.3) is 16.6 Å². The first-order valence-corrected chi connectivity index (χ1v) is 12.1. The molecule has 1 saturated carbocycles. The number of ether oxygens (including phenoxy) is 1. The monoisotopic (exact) mass is 511 g/mol. The van der Waals surface area contributed by atoms with Crippen LogP contribution in [-0.2, 0) is 0 Å². The predicted molar refractivity (Wildman–Crippen MR) is 131 cm³/mol. The summed E-state index contributed by atoms with van der Waals surface area (Å²) in [5.41, 5.74) is 5.60. The van der Waals surface area contributed by atoms with E-state index < -0.39 is 40.3 Å². The van der Waals surface area contributed by atoms with E-state index in [-0.39, 0.29) is 39.7 Å². The van der Waals surface area contributed by atoms with Crippen LogP contribution in [0.4, 0.5) is 23.7 Å². The Kier molecular flexibility index (Phi) is 5.17. The van der Waals surface area contributed by atoms with E-state index in [1.807, 2.05) is 4.90 Å². The van der Waals surface area contributed by atoms with Crippen molar-refractivity contribution in [1.29, 1.82) is 0 Å². The number of nitrogens with zero attached hydrogens (tertiary/aromatic N) is 2. The van der Waals surface area contributed by atoms with Crippen molar-refractivity contribution in [2.75, 3.05) is 18.0 Å². The standard InChI is InChI=1S/C27H24F3N3O4/c1-13-23-20(33(12-22(25(23)34)37-26(35)36)19-3-2-15(28)8-18(19)29)9-21(24(13)30)32-10-16-14-4-6-27(31,7-5-14)17(16)11-32/h2-4,6,8-9,12,14,16-17H,5,7,10-11,31H2,1H3,(H,35,36). The third-order valence-electron chi connectivity index (χ3n) is 8.29. The second-order valence-corrected chi connectivity index (χ2v) is 10.2. The average molecular weight is 512 g/mol. The number of halogens is 3. The smallest absolute Gasteiger partial charge is 0.449 e. The van der Waals surface area contributed by atoms with Gasteiger partial charge < -0.3 is 25.0 Å². The average Bonchev–Trinajstić information content (AvgIpc) is 3.31. The highest BCUT2D eigenvalue weighted by Crippen LogP contribution is 2.50. The van der Waals surface area contributed by atoms with Crippen molar-refractivity contribution < 1.29 is 27.8 Å². The molecule has 2 bridgehead atoms. The summed E-state index contributed by atoms with van der Waals surface area (Å²) in [5, 5.41) is 8.95. The van der Waals surface area contributed by atoms with Gasteiger partial charge in [-0.15, -0.1) is 0 Å². The van der Waals surface area contributed by atoms with Crippen molar-refractivity contribution in [2.24, 2.45) is 23.5 Å². The van der Waals surface area contributed by atoms with Crippen LogP contribution in [0.15, 0.2) is 47.4 Å². The van der Waals surface area contributed by atoms with Crippen molar-refractivity contribution in [1.82, 2.24) is 4.57 Å². The predicted octanol–water partition coefficient (Wildman–Crippen LogP) is 4.50. The second-order valence-electron chi connectivity index (χ2n) is 10.2. The van der Waals surface area contributed by atoms with Crippen molar-refractivity contribution in [3.63, 3.8) is 0 Å². The summed E-state index contributed by atoms with van der Waals surface area (Å²) >= 11 is 0. The number of pyridine rings is 1. The molecule has 3 aromatic rings. The van der Waals surface area contributed by atoms with E-state index in [0.29, 0.717) is 25.1 Å². The van der Waals surface area contributed by atoms with Crippen LogP contribution in [0.1, 0.15) is 18.4 Å². The van der Waals surface area contributed by atoms with Gasteiger partial charge in [0, 0.05) is 36.2 Å². The van der Waals surface area contributed by atoms with Gasteiger partial charge in [0.25, 0.3) is 0 Å². The number of aromatic nitrogens is 1. The minimum Gasteiger partial charge on any atom is -0.449 e. The number of hydrogen-bond acceptors (Lipinski definition) is 5. The van der Waals surface area contributed by atoms with Crippen molar-refractivity contribution in [2.45, 2.75) is 25.3 Å². The number of nitrogens with two attached hydrogens (primary N) is 1. The molecule has 7 nitrogen and oxygen atoms in total. The van der Waals surface area contributed by atoms with E-state index in [2.05, 4.69) is 16.9 Å². The molecule has 0 amide bonds. The fraction of sp³-hybridized carbons (Fsp3) is 0.333. The summed E-state index contributed by atoms with van der Waals surface area (Å²) in [4.78, 5) is 26.3. The lowest BCUT2D eigenvalue weighted by molar-refractivity contribution is 0.139. The van der Waals surface area contributed by atoms with Gasteiger partial charge in [0.2, 0.25) is 5.43 Å². The van der Waals surface area contributed by atoms with Gasteiger partial charge in [-0.3, -0.25) is 4.79 Å². The zero-order valence-electron chi connectivity index (χ0n) is 19.9. The lowest BCUT2D eigenvalue weighted by Gasteiger charge is -2.47. The van der Waals surface area contributed by atoms with Gasteiger partial charge in [-0.25, -0.2) is 18.0 Å². The maximum absolute atomic E-state index is 15.9. The fourth-order valence-corrected chi connectivity index (χ4v) is 6.47. The molecule has 1 aromatic heterocycles. The largest absolute Gasteiger partial charge is 0.511 e. The number of rotatable bonds is 3. The Morgan fingerprint density at radius 2 is 1.97 bits per heavy atom. The first kappa shape index (κ1) is 23.6. The van der Waals surface area contributed by atoms with E-state index in [4.69, 9.17) is 10.8 Å². The van der Waals surface area contributed by atoms with E-state index >= 15 is 4.39 Å². The van der Waals surface area contributed by atoms with Crippen LogP contribution in [-0.4, -0.2) is 34.5 Å². The van der Waals surface area contributed by atoms with Gasteiger partial charge in [0.1, 0.15) is 17.5 Å². The van der Waals surface area contributed by atoms with Crippen LogP contribution in [0.5, 0.6) is 5.75 Å². The normalized spacial score (nSPS) is 26.1. The van der Waals surface area contributed by atoms with Crippen LogP contribution < -0.4 is 20.8 Å². The summed E-state index contributed by atoms with van der Waals surface area (Å²) in [6, 6.07) is 4.32. The number of fused-ring (bicyclic) bond motifs is 2. The quantitative estimate of drug-likeness (QED) is 0.397. The van der Waals surface area contributed by atoms with E-state index in [1.165, 1.54) is 17.6 Å². The summed E-state index contributed by atoms with van der Waals surface area (Å²) in [5.74, 6) is -2.24. The van der Waals surface area contributed by atoms with Crippen LogP contribution in [0, 0.1) is 42.1 Å². The Morgan fingerprint density at radius 3 is 2.62 bits per heavy atom. The number of aryl methyl sites for hydroxylation is 1. The van der Waals surface area contributed by atoms with Gasteiger partial charge in [-0.05, 0) is 49.8 Å². The maximum Gasteiger partial charge on any atom is 0.511 e. The number of carboxylic acid groups (broad SMARTS) is 1. The highest BCUT2D eigenvalue weighted by molar-refractivity contribution is 5.89. The molecule has 37 heavy (non-hydrogen) atoms. The molecule has 10 heteroatoms. The van der Waals surface area contributed by atoms with Crippen LogP contribution >= 0.6 is 0 Å². The highest BCUT2D eigenvalue weighted by atomic mass is 19.1. The summed E-state index contributed by atoms with van der Waals surface area (Å²) in [6.07, 6.45) is 5.37. The molecule has 4 aliphatic rings. The van der Waals surface area contributed by atoms with E-state index in [9.17, 15) is 18.4 Å². The Balaban J connectivity index is 1.56. The summed E-state index contributed by atoms with van der Waals surface area (Å²) < 4.78 is 50.3. The third-order valence-corrected chi connectivity index (χ3v) is 8.29. The Morgan fingerprint density at radius 1 is 1.19 bits per heavy atom. The van der Waals surface area contributed by atoms with Gasteiger partial charge in [-0.2, -0.15) is 0 Å². The number of allylic oxidation sites excluding steroid dienone is 1. The third kappa shape index (κ3) is 3.53. The minimum atomic E-state index is -1.75. The lowest BCUT2D eigenvalue weighted by Crippen LogP contribution is -2.55. The first-order valence-electron chi connectivity index (χ1n) is 12.1. The number of carbonyl (C=O) groups is 1. The van der Waals surface area contributed by atoms with Gasteiger partial charge in [0.05, 0.1) is 28.5 Å². The molecular formula is C27H24F3N3O4. The molecule has 4 atom stereocenters. The number of hydrogen-bond donors (Lipinski definition) is 2. The zero-order chi connectivity index (χ0) is 26.2. The molecule has 7 rings (SSSR count). The SMILES string of the molecule is Cc1c(F)c(N2CC3C4C=CC(N)(CC4)C3C2)cc2c1c(=O)c(OC(=O)O)cn2-c1ccc(F)cc1F. The summed E-state index contributed by atoms with van der Waals surface area (Å²) in [7, 11) is 0. The molecule has 1 saturated heterocycles. The van der Waals surface area contributed by atoms with Crippen LogP contribution in [0.2, 0.25) is 0 Å². The minimum absolute atomic E-state index is 0.0250. The first-order chi connectivity index (χ1) is 17.6. The molecule has 2 aromatic carbocycles. The molecule has 3 N–H and O–H groups in total. The fourth-order valence-electron chi connectivity index (χ4n) is 6.47. The van der Waals surface area contributed by atoms with Crippen molar-refractivity contribution >= 4 is 22.7 Å². The molecular weight excluding hydrogens is 487 g/mol. The second kappa shape index (κ2) is 8.11. The van der Waals surface area contributed by atoms with Gasteiger partial charge in [-0.1, -0.05) is 12.2 Å². The van der Waals surface area contributed by atoms with Gasteiger partial charge >= 0.3 is 6.16 Å². The number of anilines is 1. The molecule has 3 aliphatic carbocycles. The zero-order valence-corrected chi connectivity index (χ0v) is 19.9. The van der Waals surface area contributed by atoms with E-state index in [0.717, 1.165) is 31.2 Å². The Hall–Kier alpha value is -3.79. The van der Waals surface area contributed by atoms with Crippen molar-refractivity contribution in [3.05, 3.63) is 75.9 Å². The number of benzene rings is 2. The maximum atomic E-state index is 15.9. The molecule has 0 radical (unpaired) electrons. The molecule has 1 aliphatic heterocycles. The van der Waals surface area contributed by atoms with Gasteiger partial charge in [0.15, 0.2) is 5.75 Å². The topological polar surface area (TPSA) is 97.8 Å². The Bertz CT molecular complexity index is 1570. The lowest BCUT2D eigenvalue weighted by atomic mass is 9.60. The molecule has 2 fully saturated rings. The molecule has 192 valence electrons. The Labute approximate surface area is 209 Å². The molecule has 4 unspecified atom stereocenters. The molecule has 0 spiro atoms. The summed E-state index contributed by atoms with van der Waals surface area (Å²) in [6.45, 7) is 2.52. The van der Waals surface area contributed by atoms with Crippen molar-refractivity contribution in [3.8, 4) is 11.4 Å². The molecule has 2 heterocycles. The van der Waals surface area contributed by atoms with Crippen LogP contribution in [0.3, 0.4) is 0 Å².